The second-order valence-electron chi connectivity index (χ2n) is 1.72. The molecule has 0 saturated carbocycles. The summed E-state index contributed by atoms with van der Waals surface area (Å²) in [5.41, 5.74) is 0. The molecule has 0 aromatic heterocycles. The molecule has 0 fully saturated rings. The van der Waals surface area contributed by atoms with Crippen LogP contribution in [0.3, 0.4) is 0 Å². The van der Waals surface area contributed by atoms with Crippen LogP contribution in [0.2, 0.25) is 0 Å². The Kier molecular flexibility index (Phi) is 7.41. The van der Waals surface area contributed by atoms with Crippen molar-refractivity contribution in [2.24, 2.45) is 0 Å². The molecule has 0 aromatic rings. The molecule has 11 heavy (non-hydrogen) atoms. The molecule has 0 aliphatic rings. The smallest absolute Gasteiger partial charge is 0.450 e. The molecule has 0 saturated heterocycles. The maximum Gasteiger partial charge on any atom is 0.506 e. The SMILES string of the molecule is CC(C)OC(=O)O.O=C(O)O. The topological polar surface area (TPSA) is 104 Å². The Labute approximate surface area is 63.0 Å². The van der Waals surface area contributed by atoms with Crippen LogP contribution in [-0.4, -0.2) is 33.7 Å². The standard InChI is InChI=1S/C4H8O3.CH2O3/c1-3(2)7-4(5)6;2-1(3)4/h3H,1-2H3,(H,5,6);(H2,2,3,4). The minimum absolute atomic E-state index is 0.225. The zero-order chi connectivity index (χ0) is 9.44. The fraction of sp³-hybridized carbons (Fsp3) is 0.600. The molecule has 3 N–H and O–H groups in total. The van der Waals surface area contributed by atoms with Gasteiger partial charge in [0.1, 0.15) is 0 Å². The van der Waals surface area contributed by atoms with E-state index in [4.69, 9.17) is 20.1 Å². The summed E-state index contributed by atoms with van der Waals surface area (Å²) in [7, 11) is 0. The Bertz CT molecular complexity index is 125. The Balaban J connectivity index is 0. The van der Waals surface area contributed by atoms with Gasteiger partial charge in [0.05, 0.1) is 6.10 Å². The fourth-order valence-electron chi connectivity index (χ4n) is 0.202. The molecule has 6 nitrogen and oxygen atoms in total. The van der Waals surface area contributed by atoms with Gasteiger partial charge in [-0.3, -0.25) is 0 Å². The van der Waals surface area contributed by atoms with E-state index >= 15 is 0 Å². The van der Waals surface area contributed by atoms with Gasteiger partial charge in [-0.15, -0.1) is 0 Å². The van der Waals surface area contributed by atoms with E-state index < -0.39 is 12.3 Å². The summed E-state index contributed by atoms with van der Waals surface area (Å²) in [6.07, 6.45) is -3.27. The van der Waals surface area contributed by atoms with Gasteiger partial charge in [0.2, 0.25) is 0 Å². The fourth-order valence-corrected chi connectivity index (χ4v) is 0.202. The average molecular weight is 166 g/mol. The first kappa shape index (κ1) is 12.2. The molecule has 0 amide bonds. The van der Waals surface area contributed by atoms with Crippen LogP contribution in [0.1, 0.15) is 13.8 Å². The van der Waals surface area contributed by atoms with Crippen LogP contribution in [0.15, 0.2) is 0 Å². The lowest BCUT2D eigenvalue weighted by Crippen LogP contribution is -2.07. The van der Waals surface area contributed by atoms with E-state index in [0.717, 1.165) is 0 Å². The second-order valence-corrected chi connectivity index (χ2v) is 1.72. The van der Waals surface area contributed by atoms with Gasteiger partial charge >= 0.3 is 12.3 Å². The molecular formula is C5H10O6. The summed E-state index contributed by atoms with van der Waals surface area (Å²) in [4.78, 5) is 18.1. The van der Waals surface area contributed by atoms with E-state index in [1.807, 2.05) is 0 Å². The summed E-state index contributed by atoms with van der Waals surface area (Å²) in [6.45, 7) is 3.32. The second kappa shape index (κ2) is 6.66. The molecule has 0 unspecified atom stereocenters. The number of carboxylic acid groups (broad SMARTS) is 3. The molecule has 0 rings (SSSR count). The first-order valence-electron chi connectivity index (χ1n) is 2.67. The Morgan fingerprint density at radius 3 is 1.45 bits per heavy atom. The van der Waals surface area contributed by atoms with E-state index in [-0.39, 0.29) is 6.10 Å². The van der Waals surface area contributed by atoms with Crippen molar-refractivity contribution in [2.75, 3.05) is 0 Å². The predicted molar refractivity (Wildman–Crippen MR) is 34.9 cm³/mol. The summed E-state index contributed by atoms with van der Waals surface area (Å²) in [5, 5.41) is 21.8. The molecule has 6 heteroatoms. The maximum absolute atomic E-state index is 9.59. The monoisotopic (exact) mass is 166 g/mol. The van der Waals surface area contributed by atoms with E-state index in [1.54, 1.807) is 13.8 Å². The molecule has 0 atom stereocenters. The minimum atomic E-state index is -1.83. The summed E-state index contributed by atoms with van der Waals surface area (Å²) < 4.78 is 4.17. The Morgan fingerprint density at radius 1 is 1.18 bits per heavy atom. The van der Waals surface area contributed by atoms with Crippen molar-refractivity contribution in [3.63, 3.8) is 0 Å². The maximum atomic E-state index is 9.59. The summed E-state index contributed by atoms with van der Waals surface area (Å²) in [5.74, 6) is 0. The van der Waals surface area contributed by atoms with Crippen LogP contribution in [0.4, 0.5) is 9.59 Å². The normalized spacial score (nSPS) is 7.91. The first-order valence-corrected chi connectivity index (χ1v) is 2.67. The lowest BCUT2D eigenvalue weighted by Gasteiger charge is -1.99. The van der Waals surface area contributed by atoms with Crippen LogP contribution in [0.25, 0.3) is 0 Å². The highest BCUT2D eigenvalue weighted by molar-refractivity contribution is 5.56. The van der Waals surface area contributed by atoms with Gasteiger partial charge in [-0.05, 0) is 13.8 Å². The van der Waals surface area contributed by atoms with Crippen molar-refractivity contribution in [3.8, 4) is 0 Å². The van der Waals surface area contributed by atoms with Crippen molar-refractivity contribution < 1.29 is 29.6 Å². The molecule has 0 aromatic carbocycles. The predicted octanol–water partition coefficient (Wildman–Crippen LogP) is 1.31. The first-order chi connectivity index (χ1) is 4.86. The summed E-state index contributed by atoms with van der Waals surface area (Å²) in [6, 6.07) is 0. The summed E-state index contributed by atoms with van der Waals surface area (Å²) >= 11 is 0. The molecule has 0 radical (unpaired) electrons. The third-order valence-corrected chi connectivity index (χ3v) is 0.337. The number of hydrogen-bond acceptors (Lipinski definition) is 3. The van der Waals surface area contributed by atoms with Gasteiger partial charge in [-0.25, -0.2) is 9.59 Å². The van der Waals surface area contributed by atoms with Gasteiger partial charge in [0.15, 0.2) is 0 Å². The van der Waals surface area contributed by atoms with Crippen LogP contribution < -0.4 is 0 Å². The average Bonchev–Trinajstić information content (AvgIpc) is 1.56. The minimum Gasteiger partial charge on any atom is -0.450 e. The zero-order valence-corrected chi connectivity index (χ0v) is 6.14. The van der Waals surface area contributed by atoms with Crippen molar-refractivity contribution in [3.05, 3.63) is 0 Å². The highest BCUT2D eigenvalue weighted by Gasteiger charge is 1.97. The molecule has 66 valence electrons. The number of ether oxygens (including phenoxy) is 1. The molecule has 0 aliphatic heterocycles. The van der Waals surface area contributed by atoms with Gasteiger partial charge in [0, 0.05) is 0 Å². The van der Waals surface area contributed by atoms with Crippen LogP contribution in [0.5, 0.6) is 0 Å². The van der Waals surface area contributed by atoms with E-state index in [0.29, 0.717) is 0 Å². The van der Waals surface area contributed by atoms with E-state index in [9.17, 15) is 4.79 Å². The highest BCUT2D eigenvalue weighted by atomic mass is 16.7. The quantitative estimate of drug-likeness (QED) is 0.507. The lowest BCUT2D eigenvalue weighted by molar-refractivity contribution is 0.0659. The van der Waals surface area contributed by atoms with Crippen LogP contribution in [-0.2, 0) is 4.74 Å². The van der Waals surface area contributed by atoms with Crippen LogP contribution >= 0.6 is 0 Å². The highest BCUT2D eigenvalue weighted by Crippen LogP contribution is 1.85. The largest absolute Gasteiger partial charge is 0.506 e. The zero-order valence-electron chi connectivity index (χ0n) is 6.14. The van der Waals surface area contributed by atoms with Crippen molar-refractivity contribution in [1.29, 1.82) is 0 Å². The molecule has 0 bridgehead atoms. The van der Waals surface area contributed by atoms with Crippen molar-refractivity contribution in [2.45, 2.75) is 20.0 Å². The number of carbonyl (C=O) groups is 2. The van der Waals surface area contributed by atoms with Gasteiger partial charge < -0.3 is 20.1 Å². The lowest BCUT2D eigenvalue weighted by atomic mass is 10.5. The number of hydrogen-bond donors (Lipinski definition) is 3. The molecule has 0 heterocycles. The van der Waals surface area contributed by atoms with Crippen molar-refractivity contribution >= 4 is 12.3 Å². The van der Waals surface area contributed by atoms with Crippen LogP contribution in [0, 0.1) is 0 Å². The van der Waals surface area contributed by atoms with Gasteiger partial charge in [-0.1, -0.05) is 0 Å². The molecule has 0 aliphatic carbocycles. The third kappa shape index (κ3) is 56.6. The third-order valence-electron chi connectivity index (χ3n) is 0.337. The Morgan fingerprint density at radius 2 is 1.45 bits per heavy atom. The number of rotatable bonds is 1. The Hall–Kier alpha value is -1.46. The van der Waals surface area contributed by atoms with Crippen molar-refractivity contribution in [1.82, 2.24) is 0 Å². The van der Waals surface area contributed by atoms with Gasteiger partial charge in [-0.2, -0.15) is 0 Å². The van der Waals surface area contributed by atoms with E-state index in [2.05, 4.69) is 4.74 Å². The molecule has 0 spiro atoms. The molecular weight excluding hydrogens is 156 g/mol. The van der Waals surface area contributed by atoms with Gasteiger partial charge in [0.25, 0.3) is 0 Å². The van der Waals surface area contributed by atoms with E-state index in [1.165, 1.54) is 0 Å².